The first-order valence-electron chi connectivity index (χ1n) is 8.40. The number of nitrogens with one attached hydrogen (secondary N) is 2. The molecule has 6 nitrogen and oxygen atoms in total. The van der Waals surface area contributed by atoms with Gasteiger partial charge in [0.25, 0.3) is 5.91 Å². The van der Waals surface area contributed by atoms with E-state index in [2.05, 4.69) is 15.6 Å². The van der Waals surface area contributed by atoms with Gasteiger partial charge in [0.2, 0.25) is 5.91 Å². The number of hydrogen-bond acceptors (Lipinski definition) is 4. The van der Waals surface area contributed by atoms with Crippen LogP contribution >= 0.6 is 0 Å². The molecule has 2 amide bonds. The quantitative estimate of drug-likeness (QED) is 0.864. The van der Waals surface area contributed by atoms with Crippen LogP contribution in [-0.2, 0) is 4.79 Å². The number of carbonyl (C=O) groups is 2. The molecule has 138 valence electrons. The number of hydrogen-bond donors (Lipinski definition) is 2. The van der Waals surface area contributed by atoms with Crippen LogP contribution in [0.4, 0.5) is 0 Å². The van der Waals surface area contributed by atoms with E-state index in [9.17, 15) is 9.59 Å². The van der Waals surface area contributed by atoms with Crippen LogP contribution in [0.25, 0.3) is 11.3 Å². The summed E-state index contributed by atoms with van der Waals surface area (Å²) in [6.45, 7) is 5.69. The van der Waals surface area contributed by atoms with E-state index in [1.54, 1.807) is 26.3 Å². The lowest BCUT2D eigenvalue weighted by Gasteiger charge is -2.29. The lowest BCUT2D eigenvalue weighted by molar-refractivity contribution is -0.124. The fourth-order valence-electron chi connectivity index (χ4n) is 2.53. The molecular weight excluding hydrogens is 330 g/mol. The zero-order chi connectivity index (χ0) is 19.3. The summed E-state index contributed by atoms with van der Waals surface area (Å²) in [5.41, 5.74) is 1.32. The van der Waals surface area contributed by atoms with Crippen molar-refractivity contribution < 1.29 is 14.3 Å². The fourth-order valence-corrected chi connectivity index (χ4v) is 2.53. The highest BCUT2D eigenvalue weighted by Crippen LogP contribution is 2.23. The summed E-state index contributed by atoms with van der Waals surface area (Å²) in [6, 6.07) is 12.0. The number of carbonyl (C=O) groups excluding carboxylic acids is 2. The molecule has 2 aromatic rings. The van der Waals surface area contributed by atoms with Crippen molar-refractivity contribution in [1.29, 1.82) is 0 Å². The van der Waals surface area contributed by atoms with Crippen molar-refractivity contribution in [3.63, 3.8) is 0 Å². The van der Waals surface area contributed by atoms with Gasteiger partial charge in [0.05, 0.1) is 12.8 Å². The van der Waals surface area contributed by atoms with E-state index < -0.39 is 17.4 Å². The molecule has 0 aliphatic rings. The van der Waals surface area contributed by atoms with Crippen molar-refractivity contribution in [3.8, 4) is 17.0 Å². The van der Waals surface area contributed by atoms with Gasteiger partial charge in [-0.2, -0.15) is 0 Å². The highest BCUT2D eigenvalue weighted by atomic mass is 16.5. The van der Waals surface area contributed by atoms with Gasteiger partial charge in [0, 0.05) is 12.6 Å². The molecule has 0 aliphatic carbocycles. The third kappa shape index (κ3) is 4.59. The second kappa shape index (κ2) is 7.99. The van der Waals surface area contributed by atoms with Gasteiger partial charge in [-0.15, -0.1) is 0 Å². The van der Waals surface area contributed by atoms with Crippen molar-refractivity contribution in [3.05, 3.63) is 48.2 Å². The number of ether oxygens (including phenoxy) is 1. The first-order valence-corrected chi connectivity index (χ1v) is 8.40. The Balaban J connectivity index is 2.28. The monoisotopic (exact) mass is 355 g/mol. The summed E-state index contributed by atoms with van der Waals surface area (Å²) >= 11 is 0. The van der Waals surface area contributed by atoms with Gasteiger partial charge in [0.15, 0.2) is 0 Å². The average Bonchev–Trinajstić information content (AvgIpc) is 2.64. The highest BCUT2D eigenvalue weighted by Gasteiger charge is 2.32. The smallest absolute Gasteiger partial charge is 0.270 e. The van der Waals surface area contributed by atoms with Gasteiger partial charge < -0.3 is 15.4 Å². The predicted octanol–water partition coefficient (Wildman–Crippen LogP) is 2.65. The van der Waals surface area contributed by atoms with E-state index in [0.29, 0.717) is 11.4 Å². The second-order valence-electron chi connectivity index (χ2n) is 7.03. The third-order valence-corrected chi connectivity index (χ3v) is 4.00. The molecule has 0 fully saturated rings. The van der Waals surface area contributed by atoms with E-state index in [0.717, 1.165) is 5.56 Å². The standard InChI is InChI=1S/C20H25N3O3/c1-20(2,3)17(19(25)21-4)23-18(24)16-11-7-10-15(22-16)13-8-6-9-14(12-13)26-5/h6-12,17H,1-5H3,(H,21,25)(H,23,24). The molecular formula is C20H25N3O3. The van der Waals surface area contributed by atoms with Gasteiger partial charge >= 0.3 is 0 Å². The van der Waals surface area contributed by atoms with Crippen LogP contribution in [0.5, 0.6) is 5.75 Å². The van der Waals surface area contributed by atoms with E-state index in [1.807, 2.05) is 51.1 Å². The van der Waals surface area contributed by atoms with E-state index in [1.165, 1.54) is 0 Å². The molecule has 1 aromatic heterocycles. The highest BCUT2D eigenvalue weighted by molar-refractivity contribution is 5.96. The van der Waals surface area contributed by atoms with Crippen molar-refractivity contribution in [2.45, 2.75) is 26.8 Å². The second-order valence-corrected chi connectivity index (χ2v) is 7.03. The number of nitrogens with zero attached hydrogens (tertiary/aromatic N) is 1. The maximum absolute atomic E-state index is 12.7. The lowest BCUT2D eigenvalue weighted by Crippen LogP contribution is -2.53. The molecule has 1 heterocycles. The van der Waals surface area contributed by atoms with Crippen molar-refractivity contribution >= 4 is 11.8 Å². The maximum atomic E-state index is 12.7. The van der Waals surface area contributed by atoms with Crippen molar-refractivity contribution in [2.75, 3.05) is 14.2 Å². The van der Waals surface area contributed by atoms with Crippen LogP contribution in [0.2, 0.25) is 0 Å². The molecule has 2 rings (SSSR count). The third-order valence-electron chi connectivity index (χ3n) is 4.00. The number of amides is 2. The Hall–Kier alpha value is -2.89. The molecule has 6 heteroatoms. The number of rotatable bonds is 5. The Bertz CT molecular complexity index is 797. The normalized spacial score (nSPS) is 12.2. The Labute approximate surface area is 154 Å². The first-order chi connectivity index (χ1) is 12.3. The van der Waals surface area contributed by atoms with E-state index >= 15 is 0 Å². The maximum Gasteiger partial charge on any atom is 0.270 e. The molecule has 0 saturated heterocycles. The van der Waals surface area contributed by atoms with Crippen LogP contribution in [0, 0.1) is 5.41 Å². The topological polar surface area (TPSA) is 80.3 Å². The van der Waals surface area contributed by atoms with Crippen LogP contribution < -0.4 is 15.4 Å². The Morgan fingerprint density at radius 3 is 2.42 bits per heavy atom. The van der Waals surface area contributed by atoms with E-state index in [-0.39, 0.29) is 11.6 Å². The van der Waals surface area contributed by atoms with Crippen LogP contribution in [0.3, 0.4) is 0 Å². The molecule has 0 saturated carbocycles. The van der Waals surface area contributed by atoms with Crippen LogP contribution in [-0.4, -0.2) is 37.0 Å². The van der Waals surface area contributed by atoms with Gasteiger partial charge in [-0.3, -0.25) is 9.59 Å². The SMILES string of the molecule is CNC(=O)C(NC(=O)c1cccc(-c2cccc(OC)c2)n1)C(C)(C)C. The van der Waals surface area contributed by atoms with Crippen molar-refractivity contribution in [1.82, 2.24) is 15.6 Å². The summed E-state index contributed by atoms with van der Waals surface area (Å²) in [7, 11) is 3.15. The number of benzene rings is 1. The minimum absolute atomic E-state index is 0.241. The molecule has 0 radical (unpaired) electrons. The van der Waals surface area contributed by atoms with Gasteiger partial charge in [-0.05, 0) is 29.7 Å². The summed E-state index contributed by atoms with van der Waals surface area (Å²) < 4.78 is 5.23. The van der Waals surface area contributed by atoms with Gasteiger partial charge in [0.1, 0.15) is 17.5 Å². The fraction of sp³-hybridized carbons (Fsp3) is 0.350. The molecule has 0 spiro atoms. The van der Waals surface area contributed by atoms with Crippen LogP contribution in [0.15, 0.2) is 42.5 Å². The largest absolute Gasteiger partial charge is 0.497 e. The molecule has 2 N–H and O–H groups in total. The number of pyridine rings is 1. The molecule has 0 bridgehead atoms. The molecule has 1 atom stereocenters. The summed E-state index contributed by atoms with van der Waals surface area (Å²) in [5, 5.41) is 5.38. The summed E-state index contributed by atoms with van der Waals surface area (Å²) in [4.78, 5) is 29.2. The minimum Gasteiger partial charge on any atom is -0.497 e. The molecule has 1 aromatic carbocycles. The Morgan fingerprint density at radius 2 is 1.81 bits per heavy atom. The van der Waals surface area contributed by atoms with E-state index in [4.69, 9.17) is 4.74 Å². The first kappa shape index (κ1) is 19.4. The Morgan fingerprint density at radius 1 is 1.12 bits per heavy atom. The predicted molar refractivity (Wildman–Crippen MR) is 101 cm³/mol. The van der Waals surface area contributed by atoms with Crippen LogP contribution in [0.1, 0.15) is 31.3 Å². The van der Waals surface area contributed by atoms with Gasteiger partial charge in [-0.1, -0.05) is 39.0 Å². The Kier molecular flexibility index (Phi) is 5.97. The number of likely N-dealkylation sites (N-methyl/N-ethyl adjacent to an activating group) is 1. The summed E-state index contributed by atoms with van der Waals surface area (Å²) in [5.74, 6) is 0.0830. The summed E-state index contributed by atoms with van der Waals surface area (Å²) in [6.07, 6.45) is 0. The molecule has 0 aliphatic heterocycles. The lowest BCUT2D eigenvalue weighted by atomic mass is 9.86. The molecule has 1 unspecified atom stereocenters. The zero-order valence-electron chi connectivity index (χ0n) is 15.8. The average molecular weight is 355 g/mol. The zero-order valence-corrected chi connectivity index (χ0v) is 15.8. The van der Waals surface area contributed by atoms with Gasteiger partial charge in [-0.25, -0.2) is 4.98 Å². The molecule has 26 heavy (non-hydrogen) atoms. The number of aromatic nitrogens is 1. The number of methoxy groups -OCH3 is 1. The minimum atomic E-state index is -0.665. The van der Waals surface area contributed by atoms with Crippen molar-refractivity contribution in [2.24, 2.45) is 5.41 Å².